The highest BCUT2D eigenvalue weighted by atomic mass is 15.3. The molecule has 2 atom stereocenters. The summed E-state index contributed by atoms with van der Waals surface area (Å²) in [5.74, 6) is 1.06. The number of nitriles is 1. The number of hydrogen-bond acceptors (Lipinski definition) is 5. The topological polar surface area (TPSA) is 56.1 Å². The van der Waals surface area contributed by atoms with Gasteiger partial charge in [0, 0.05) is 44.6 Å². The third-order valence-electron chi connectivity index (χ3n) is 4.26. The summed E-state index contributed by atoms with van der Waals surface area (Å²) in [5, 5.41) is 9.19. The molecule has 1 saturated carbocycles. The molecule has 0 radical (unpaired) electrons. The Hall–Kier alpha value is -1.67. The number of rotatable bonds is 2. The van der Waals surface area contributed by atoms with Gasteiger partial charge < -0.3 is 4.90 Å². The van der Waals surface area contributed by atoms with Crippen molar-refractivity contribution in [1.82, 2.24) is 14.9 Å². The zero-order chi connectivity index (χ0) is 13.1. The molecular formula is C14H19N5. The Bertz CT molecular complexity index is 447. The van der Waals surface area contributed by atoms with Crippen molar-refractivity contribution in [3.63, 3.8) is 0 Å². The van der Waals surface area contributed by atoms with Gasteiger partial charge in [-0.2, -0.15) is 5.26 Å². The van der Waals surface area contributed by atoms with Gasteiger partial charge in [-0.25, -0.2) is 9.97 Å². The lowest BCUT2D eigenvalue weighted by Crippen LogP contribution is -2.51. The predicted octanol–water partition coefficient (Wildman–Crippen LogP) is 1.29. The van der Waals surface area contributed by atoms with Gasteiger partial charge in [-0.05, 0) is 18.9 Å². The van der Waals surface area contributed by atoms with E-state index in [9.17, 15) is 5.26 Å². The largest absolute Gasteiger partial charge is 0.338 e. The molecule has 0 bridgehead atoms. The van der Waals surface area contributed by atoms with Crippen LogP contribution in [0.4, 0.5) is 5.95 Å². The molecule has 1 saturated heterocycles. The van der Waals surface area contributed by atoms with Crippen molar-refractivity contribution in [2.75, 3.05) is 31.1 Å². The van der Waals surface area contributed by atoms with E-state index < -0.39 is 0 Å². The smallest absolute Gasteiger partial charge is 0.225 e. The standard InChI is InChI=1S/C14H19N5/c15-11-12-3-1-4-13(12)18-7-9-19(10-8-18)14-16-5-2-6-17-14/h2,5-6,12-13H,1,3-4,7-10H2. The van der Waals surface area contributed by atoms with Gasteiger partial charge >= 0.3 is 0 Å². The molecule has 1 aromatic heterocycles. The maximum atomic E-state index is 9.19. The Kier molecular flexibility index (Phi) is 3.60. The van der Waals surface area contributed by atoms with Crippen LogP contribution in [0.15, 0.2) is 18.5 Å². The SMILES string of the molecule is N#CC1CCCC1N1CCN(c2ncccn2)CC1. The minimum atomic E-state index is 0.236. The number of anilines is 1. The van der Waals surface area contributed by atoms with Crippen LogP contribution in [0, 0.1) is 17.2 Å². The van der Waals surface area contributed by atoms with Gasteiger partial charge in [0.15, 0.2) is 0 Å². The fourth-order valence-electron chi connectivity index (χ4n) is 3.24. The van der Waals surface area contributed by atoms with Crippen molar-refractivity contribution in [2.24, 2.45) is 5.92 Å². The van der Waals surface area contributed by atoms with Crippen LogP contribution in [-0.2, 0) is 0 Å². The van der Waals surface area contributed by atoms with Crippen molar-refractivity contribution < 1.29 is 0 Å². The number of hydrogen-bond donors (Lipinski definition) is 0. The second kappa shape index (κ2) is 5.54. The van der Waals surface area contributed by atoms with Crippen LogP contribution < -0.4 is 4.90 Å². The Balaban J connectivity index is 1.59. The van der Waals surface area contributed by atoms with Gasteiger partial charge in [0.05, 0.1) is 12.0 Å². The second-order valence-electron chi connectivity index (χ2n) is 5.31. The monoisotopic (exact) mass is 257 g/mol. The highest BCUT2D eigenvalue weighted by Crippen LogP contribution is 2.30. The first kappa shape index (κ1) is 12.4. The summed E-state index contributed by atoms with van der Waals surface area (Å²) in [6.07, 6.45) is 7.03. The molecule has 1 aliphatic carbocycles. The van der Waals surface area contributed by atoms with Crippen LogP contribution in [-0.4, -0.2) is 47.1 Å². The molecule has 2 heterocycles. The van der Waals surface area contributed by atoms with Crippen molar-refractivity contribution in [3.05, 3.63) is 18.5 Å². The van der Waals surface area contributed by atoms with Crippen molar-refractivity contribution in [1.29, 1.82) is 5.26 Å². The highest BCUT2D eigenvalue weighted by Gasteiger charge is 2.33. The first-order chi connectivity index (χ1) is 9.38. The third kappa shape index (κ3) is 2.54. The van der Waals surface area contributed by atoms with Crippen molar-refractivity contribution >= 4 is 5.95 Å². The van der Waals surface area contributed by atoms with E-state index in [-0.39, 0.29) is 5.92 Å². The van der Waals surface area contributed by atoms with Crippen molar-refractivity contribution in [2.45, 2.75) is 25.3 Å². The van der Waals surface area contributed by atoms with Crippen LogP contribution >= 0.6 is 0 Å². The molecule has 5 nitrogen and oxygen atoms in total. The third-order valence-corrected chi connectivity index (χ3v) is 4.26. The van der Waals surface area contributed by atoms with Crippen LogP contribution in [0.1, 0.15) is 19.3 Å². The van der Waals surface area contributed by atoms with Gasteiger partial charge in [-0.1, -0.05) is 6.42 Å². The van der Waals surface area contributed by atoms with E-state index in [1.165, 1.54) is 12.8 Å². The molecule has 5 heteroatoms. The number of aromatic nitrogens is 2. The van der Waals surface area contributed by atoms with E-state index >= 15 is 0 Å². The number of nitrogens with zero attached hydrogens (tertiary/aromatic N) is 5. The van der Waals surface area contributed by atoms with E-state index in [1.807, 2.05) is 6.07 Å². The van der Waals surface area contributed by atoms with Crippen LogP contribution in [0.3, 0.4) is 0 Å². The molecule has 1 aliphatic heterocycles. The molecule has 0 N–H and O–H groups in total. The maximum Gasteiger partial charge on any atom is 0.225 e. The summed E-state index contributed by atoms with van der Waals surface area (Å²) >= 11 is 0. The van der Waals surface area contributed by atoms with Crippen LogP contribution in [0.25, 0.3) is 0 Å². The molecule has 0 spiro atoms. The summed E-state index contributed by atoms with van der Waals surface area (Å²) in [6, 6.07) is 4.79. The van der Waals surface area contributed by atoms with Gasteiger partial charge in [-0.3, -0.25) is 4.90 Å². The lowest BCUT2D eigenvalue weighted by atomic mass is 10.0. The molecular weight excluding hydrogens is 238 g/mol. The normalized spacial score (nSPS) is 28.3. The van der Waals surface area contributed by atoms with Gasteiger partial charge in [-0.15, -0.1) is 0 Å². The highest BCUT2D eigenvalue weighted by molar-refractivity contribution is 5.29. The Morgan fingerprint density at radius 3 is 2.53 bits per heavy atom. The average molecular weight is 257 g/mol. The first-order valence-corrected chi connectivity index (χ1v) is 7.04. The minimum Gasteiger partial charge on any atom is -0.338 e. The summed E-state index contributed by atoms with van der Waals surface area (Å²) in [7, 11) is 0. The van der Waals surface area contributed by atoms with E-state index in [0.717, 1.165) is 38.5 Å². The Labute approximate surface area is 113 Å². The predicted molar refractivity (Wildman–Crippen MR) is 72.6 cm³/mol. The zero-order valence-corrected chi connectivity index (χ0v) is 11.1. The Morgan fingerprint density at radius 2 is 1.84 bits per heavy atom. The van der Waals surface area contributed by atoms with Crippen LogP contribution in [0.2, 0.25) is 0 Å². The summed E-state index contributed by atoms with van der Waals surface area (Å²) in [6.45, 7) is 3.94. The summed E-state index contributed by atoms with van der Waals surface area (Å²) < 4.78 is 0. The van der Waals surface area contributed by atoms with E-state index in [2.05, 4.69) is 25.8 Å². The fraction of sp³-hybridized carbons (Fsp3) is 0.643. The lowest BCUT2D eigenvalue weighted by Gasteiger charge is -2.38. The molecule has 19 heavy (non-hydrogen) atoms. The quantitative estimate of drug-likeness (QED) is 0.799. The van der Waals surface area contributed by atoms with E-state index in [4.69, 9.17) is 0 Å². The maximum absolute atomic E-state index is 9.19. The lowest BCUT2D eigenvalue weighted by molar-refractivity contribution is 0.167. The van der Waals surface area contributed by atoms with Gasteiger partial charge in [0.2, 0.25) is 5.95 Å². The number of piperazine rings is 1. The molecule has 2 aliphatic rings. The van der Waals surface area contributed by atoms with E-state index in [1.54, 1.807) is 12.4 Å². The van der Waals surface area contributed by atoms with E-state index in [0.29, 0.717) is 6.04 Å². The second-order valence-corrected chi connectivity index (χ2v) is 5.31. The minimum absolute atomic E-state index is 0.236. The molecule has 2 unspecified atom stereocenters. The molecule has 3 rings (SSSR count). The first-order valence-electron chi connectivity index (χ1n) is 7.04. The average Bonchev–Trinajstić information content (AvgIpc) is 2.97. The van der Waals surface area contributed by atoms with Crippen molar-refractivity contribution in [3.8, 4) is 6.07 Å². The van der Waals surface area contributed by atoms with Crippen LogP contribution in [0.5, 0.6) is 0 Å². The molecule has 0 amide bonds. The van der Waals surface area contributed by atoms with Gasteiger partial charge in [0.25, 0.3) is 0 Å². The fourth-order valence-corrected chi connectivity index (χ4v) is 3.24. The zero-order valence-electron chi connectivity index (χ0n) is 11.1. The summed E-state index contributed by atoms with van der Waals surface area (Å²) in [4.78, 5) is 13.3. The molecule has 2 fully saturated rings. The molecule has 1 aromatic rings. The molecule has 0 aromatic carbocycles. The van der Waals surface area contributed by atoms with Gasteiger partial charge in [0.1, 0.15) is 0 Å². The Morgan fingerprint density at radius 1 is 1.11 bits per heavy atom. The molecule has 100 valence electrons. The summed E-state index contributed by atoms with van der Waals surface area (Å²) in [5.41, 5.74) is 0.